The van der Waals surface area contributed by atoms with Crippen LogP contribution in [0.5, 0.6) is 11.5 Å². The summed E-state index contributed by atoms with van der Waals surface area (Å²) in [6.45, 7) is 0.104. The number of phenolic OH excluding ortho intramolecular Hbond substituents is 2. The van der Waals surface area contributed by atoms with E-state index in [1.165, 1.54) is 23.1 Å². The standard InChI is InChI=1S/C10H13NO4/c1-11(4-5-12)10(15)7-2-3-8(13)9(14)6-7/h2-3,6,12-14H,4-5H2,1H3. The molecule has 0 aliphatic heterocycles. The van der Waals surface area contributed by atoms with Crippen LogP contribution in [0.15, 0.2) is 18.2 Å². The summed E-state index contributed by atoms with van der Waals surface area (Å²) in [5, 5.41) is 26.9. The number of aliphatic hydroxyl groups is 1. The minimum absolute atomic E-state index is 0.119. The Kier molecular flexibility index (Phi) is 3.51. The Bertz CT molecular complexity index is 364. The summed E-state index contributed by atoms with van der Waals surface area (Å²) in [4.78, 5) is 12.9. The molecule has 1 aromatic carbocycles. The molecule has 3 N–H and O–H groups in total. The molecule has 0 aromatic heterocycles. The van der Waals surface area contributed by atoms with E-state index in [0.29, 0.717) is 0 Å². The molecule has 0 saturated carbocycles. The molecule has 82 valence electrons. The number of hydrogen-bond acceptors (Lipinski definition) is 4. The number of benzene rings is 1. The van der Waals surface area contributed by atoms with Crippen molar-refractivity contribution in [2.24, 2.45) is 0 Å². The second-order valence-corrected chi connectivity index (χ2v) is 3.15. The van der Waals surface area contributed by atoms with Gasteiger partial charge in [0.2, 0.25) is 0 Å². The lowest BCUT2D eigenvalue weighted by molar-refractivity contribution is 0.0766. The van der Waals surface area contributed by atoms with Crippen LogP contribution in [0.3, 0.4) is 0 Å². The Morgan fingerprint density at radius 2 is 2.00 bits per heavy atom. The Balaban J connectivity index is 2.87. The summed E-state index contributed by atoms with van der Waals surface area (Å²) in [7, 11) is 1.54. The molecule has 0 radical (unpaired) electrons. The third-order valence-electron chi connectivity index (χ3n) is 2.00. The normalized spacial score (nSPS) is 10.0. The predicted molar refractivity (Wildman–Crippen MR) is 53.8 cm³/mol. The highest BCUT2D eigenvalue weighted by Gasteiger charge is 2.12. The summed E-state index contributed by atoms with van der Waals surface area (Å²) >= 11 is 0. The number of nitrogens with zero attached hydrogens (tertiary/aromatic N) is 1. The van der Waals surface area contributed by atoms with Gasteiger partial charge in [-0.1, -0.05) is 0 Å². The maximum Gasteiger partial charge on any atom is 0.253 e. The highest BCUT2D eigenvalue weighted by Crippen LogP contribution is 2.25. The first kappa shape index (κ1) is 11.3. The molecule has 0 bridgehead atoms. The van der Waals surface area contributed by atoms with Crippen molar-refractivity contribution in [1.82, 2.24) is 4.90 Å². The van der Waals surface area contributed by atoms with Gasteiger partial charge in [0.1, 0.15) is 0 Å². The van der Waals surface area contributed by atoms with Crippen molar-refractivity contribution in [1.29, 1.82) is 0 Å². The van der Waals surface area contributed by atoms with Crippen LogP contribution in [0.4, 0.5) is 0 Å². The lowest BCUT2D eigenvalue weighted by atomic mass is 10.2. The van der Waals surface area contributed by atoms with Gasteiger partial charge in [-0.3, -0.25) is 4.79 Å². The van der Waals surface area contributed by atoms with Crippen molar-refractivity contribution < 1.29 is 20.1 Å². The minimum atomic E-state index is -0.335. The number of likely N-dealkylation sites (N-methyl/N-ethyl adjacent to an activating group) is 1. The number of rotatable bonds is 3. The highest BCUT2D eigenvalue weighted by molar-refractivity contribution is 5.94. The third kappa shape index (κ3) is 2.60. The van der Waals surface area contributed by atoms with Crippen LogP contribution >= 0.6 is 0 Å². The van der Waals surface area contributed by atoms with E-state index >= 15 is 0 Å². The summed E-state index contributed by atoms with van der Waals surface area (Å²) in [6, 6.07) is 3.84. The van der Waals surface area contributed by atoms with Crippen LogP contribution in [0, 0.1) is 0 Å². The van der Waals surface area contributed by atoms with Gasteiger partial charge >= 0.3 is 0 Å². The average Bonchev–Trinajstić information content (AvgIpc) is 2.21. The van der Waals surface area contributed by atoms with Crippen molar-refractivity contribution in [3.63, 3.8) is 0 Å². The van der Waals surface area contributed by atoms with E-state index in [-0.39, 0.29) is 36.1 Å². The Morgan fingerprint density at radius 1 is 1.33 bits per heavy atom. The fourth-order valence-corrected chi connectivity index (χ4v) is 1.13. The highest BCUT2D eigenvalue weighted by atomic mass is 16.3. The molecule has 1 aromatic rings. The first-order valence-corrected chi connectivity index (χ1v) is 4.44. The number of aromatic hydroxyl groups is 2. The molecular weight excluding hydrogens is 198 g/mol. The first-order valence-electron chi connectivity index (χ1n) is 4.44. The van der Waals surface area contributed by atoms with E-state index in [2.05, 4.69) is 0 Å². The molecule has 0 fully saturated rings. The number of hydrogen-bond donors (Lipinski definition) is 3. The Labute approximate surface area is 87.2 Å². The number of carbonyl (C=O) groups excluding carboxylic acids is 1. The van der Waals surface area contributed by atoms with E-state index in [9.17, 15) is 9.90 Å². The van der Waals surface area contributed by atoms with E-state index in [4.69, 9.17) is 10.2 Å². The van der Waals surface area contributed by atoms with Crippen molar-refractivity contribution >= 4 is 5.91 Å². The van der Waals surface area contributed by atoms with Crippen LogP contribution in [-0.4, -0.2) is 46.3 Å². The van der Waals surface area contributed by atoms with Crippen molar-refractivity contribution in [2.45, 2.75) is 0 Å². The molecule has 5 heteroatoms. The number of phenols is 2. The van der Waals surface area contributed by atoms with Gasteiger partial charge in [0.25, 0.3) is 5.91 Å². The molecule has 0 unspecified atom stereocenters. The quantitative estimate of drug-likeness (QED) is 0.622. The van der Waals surface area contributed by atoms with Crippen molar-refractivity contribution in [3.05, 3.63) is 23.8 Å². The topological polar surface area (TPSA) is 81.0 Å². The summed E-state index contributed by atoms with van der Waals surface area (Å²) in [5.41, 5.74) is 0.265. The van der Waals surface area contributed by atoms with E-state index in [0.717, 1.165) is 0 Å². The van der Waals surface area contributed by atoms with Crippen LogP contribution < -0.4 is 0 Å². The molecule has 0 heterocycles. The van der Waals surface area contributed by atoms with Gasteiger partial charge in [-0.05, 0) is 18.2 Å². The van der Waals surface area contributed by atoms with Crippen LogP contribution in [0.25, 0.3) is 0 Å². The monoisotopic (exact) mass is 211 g/mol. The van der Waals surface area contributed by atoms with E-state index in [1.54, 1.807) is 7.05 Å². The zero-order valence-electron chi connectivity index (χ0n) is 8.34. The summed E-state index contributed by atoms with van der Waals surface area (Å²) in [5.74, 6) is -0.922. The van der Waals surface area contributed by atoms with Crippen LogP contribution in [0.1, 0.15) is 10.4 Å². The maximum atomic E-state index is 11.6. The zero-order valence-corrected chi connectivity index (χ0v) is 8.34. The van der Waals surface area contributed by atoms with Gasteiger partial charge in [0.15, 0.2) is 11.5 Å². The average molecular weight is 211 g/mol. The molecule has 0 aliphatic rings. The molecular formula is C10H13NO4. The fraction of sp³-hybridized carbons (Fsp3) is 0.300. The molecule has 0 spiro atoms. The zero-order chi connectivity index (χ0) is 11.4. The minimum Gasteiger partial charge on any atom is -0.504 e. The number of aliphatic hydroxyl groups excluding tert-OH is 1. The van der Waals surface area contributed by atoms with Crippen LogP contribution in [0.2, 0.25) is 0 Å². The van der Waals surface area contributed by atoms with Crippen molar-refractivity contribution in [3.8, 4) is 11.5 Å². The molecule has 1 rings (SSSR count). The summed E-state index contributed by atoms with van der Waals surface area (Å²) in [6.07, 6.45) is 0. The molecule has 15 heavy (non-hydrogen) atoms. The van der Waals surface area contributed by atoms with Gasteiger partial charge in [-0.15, -0.1) is 0 Å². The predicted octanol–water partition coefficient (Wildman–Crippen LogP) is 0.162. The maximum absolute atomic E-state index is 11.6. The smallest absolute Gasteiger partial charge is 0.253 e. The van der Waals surface area contributed by atoms with Crippen molar-refractivity contribution in [2.75, 3.05) is 20.2 Å². The number of carbonyl (C=O) groups is 1. The van der Waals surface area contributed by atoms with Gasteiger partial charge < -0.3 is 20.2 Å². The lowest BCUT2D eigenvalue weighted by Crippen LogP contribution is -2.29. The molecule has 0 atom stereocenters. The van der Waals surface area contributed by atoms with E-state index in [1.807, 2.05) is 0 Å². The second-order valence-electron chi connectivity index (χ2n) is 3.15. The summed E-state index contributed by atoms with van der Waals surface area (Å²) < 4.78 is 0. The van der Waals surface area contributed by atoms with Gasteiger partial charge in [-0.25, -0.2) is 0 Å². The molecule has 1 amide bonds. The van der Waals surface area contributed by atoms with Gasteiger partial charge in [0.05, 0.1) is 6.61 Å². The fourth-order valence-electron chi connectivity index (χ4n) is 1.13. The third-order valence-corrected chi connectivity index (χ3v) is 2.00. The van der Waals surface area contributed by atoms with Crippen LogP contribution in [-0.2, 0) is 0 Å². The Hall–Kier alpha value is -1.75. The number of amides is 1. The van der Waals surface area contributed by atoms with Gasteiger partial charge in [-0.2, -0.15) is 0 Å². The lowest BCUT2D eigenvalue weighted by Gasteiger charge is -2.15. The SMILES string of the molecule is CN(CCO)C(=O)c1ccc(O)c(O)c1. The van der Waals surface area contributed by atoms with E-state index < -0.39 is 0 Å². The molecule has 0 aliphatic carbocycles. The molecule has 5 nitrogen and oxygen atoms in total. The Morgan fingerprint density at radius 3 is 2.53 bits per heavy atom. The first-order chi connectivity index (χ1) is 7.06. The second kappa shape index (κ2) is 4.65. The molecule has 0 saturated heterocycles. The van der Waals surface area contributed by atoms with Gasteiger partial charge in [0, 0.05) is 19.2 Å². The largest absolute Gasteiger partial charge is 0.504 e.